The second-order valence-electron chi connectivity index (χ2n) is 8.47. The molecule has 0 amide bonds. The SMILES string of the molecule is Cc1ccc(-c2cc(C)c(C3C(=O)[C@@H]4C5CCC(O5)[C@@H]4C3=O)c(C)c2)cc1. The lowest BCUT2D eigenvalue weighted by molar-refractivity contribution is -0.127. The number of hydrogen-bond acceptors (Lipinski definition) is 3. The summed E-state index contributed by atoms with van der Waals surface area (Å²) in [5.74, 6) is -0.842. The Kier molecular flexibility index (Phi) is 3.67. The van der Waals surface area contributed by atoms with Gasteiger partial charge in [-0.15, -0.1) is 0 Å². The average Bonchev–Trinajstić information content (AvgIpc) is 3.31. The van der Waals surface area contributed by atoms with E-state index in [2.05, 4.69) is 43.3 Å². The van der Waals surface area contributed by atoms with Crippen LogP contribution in [0, 0.1) is 32.6 Å². The molecule has 5 rings (SSSR count). The summed E-state index contributed by atoms with van der Waals surface area (Å²) in [6, 6.07) is 12.7. The van der Waals surface area contributed by atoms with E-state index in [0.29, 0.717) is 0 Å². The van der Waals surface area contributed by atoms with Crippen molar-refractivity contribution in [1.29, 1.82) is 0 Å². The number of carbonyl (C=O) groups is 2. The van der Waals surface area contributed by atoms with Gasteiger partial charge < -0.3 is 4.74 Å². The lowest BCUT2D eigenvalue weighted by atomic mass is 9.81. The van der Waals surface area contributed by atoms with Crippen LogP contribution in [-0.2, 0) is 14.3 Å². The minimum Gasteiger partial charge on any atom is -0.373 e. The Bertz CT molecular complexity index is 905. The molecule has 0 N–H and O–H groups in total. The van der Waals surface area contributed by atoms with Crippen LogP contribution in [0.5, 0.6) is 0 Å². The number of carbonyl (C=O) groups excluding carboxylic acids is 2. The third-order valence-corrected chi connectivity index (χ3v) is 6.77. The molecule has 3 unspecified atom stereocenters. The number of aryl methyl sites for hydroxylation is 3. The molecule has 3 fully saturated rings. The van der Waals surface area contributed by atoms with Crippen molar-refractivity contribution in [3.8, 4) is 11.1 Å². The quantitative estimate of drug-likeness (QED) is 0.750. The van der Waals surface area contributed by atoms with E-state index in [4.69, 9.17) is 4.74 Å². The van der Waals surface area contributed by atoms with Gasteiger partial charge in [-0.05, 0) is 61.4 Å². The van der Waals surface area contributed by atoms with Crippen LogP contribution in [0.1, 0.15) is 41.0 Å². The predicted molar refractivity (Wildman–Crippen MR) is 104 cm³/mol. The Morgan fingerprint density at radius 3 is 1.81 bits per heavy atom. The first kappa shape index (κ1) is 16.9. The van der Waals surface area contributed by atoms with Gasteiger partial charge in [0.1, 0.15) is 5.92 Å². The van der Waals surface area contributed by atoms with Gasteiger partial charge in [0.25, 0.3) is 0 Å². The smallest absolute Gasteiger partial charge is 0.154 e. The highest BCUT2D eigenvalue weighted by atomic mass is 16.5. The summed E-state index contributed by atoms with van der Waals surface area (Å²) in [7, 11) is 0. The van der Waals surface area contributed by atoms with Gasteiger partial charge in [-0.25, -0.2) is 0 Å². The number of ketones is 2. The zero-order valence-corrected chi connectivity index (χ0v) is 16.0. The van der Waals surface area contributed by atoms with Gasteiger partial charge in [0.05, 0.1) is 24.0 Å². The molecule has 3 nitrogen and oxygen atoms in total. The molecule has 2 saturated heterocycles. The Morgan fingerprint density at radius 1 is 0.778 bits per heavy atom. The maximum absolute atomic E-state index is 13.2. The van der Waals surface area contributed by atoms with Crippen LogP contribution in [0.3, 0.4) is 0 Å². The van der Waals surface area contributed by atoms with Crippen molar-refractivity contribution in [1.82, 2.24) is 0 Å². The van der Waals surface area contributed by atoms with Gasteiger partial charge in [-0.3, -0.25) is 9.59 Å². The van der Waals surface area contributed by atoms with Gasteiger partial charge in [0, 0.05) is 0 Å². The molecule has 27 heavy (non-hydrogen) atoms. The predicted octanol–water partition coefficient (Wildman–Crippen LogP) is 4.31. The summed E-state index contributed by atoms with van der Waals surface area (Å²) in [6.45, 7) is 6.13. The van der Waals surface area contributed by atoms with E-state index in [0.717, 1.165) is 40.7 Å². The second-order valence-corrected chi connectivity index (χ2v) is 8.47. The van der Waals surface area contributed by atoms with Gasteiger partial charge in [-0.1, -0.05) is 42.0 Å². The van der Waals surface area contributed by atoms with Crippen LogP contribution in [-0.4, -0.2) is 23.8 Å². The van der Waals surface area contributed by atoms with Gasteiger partial charge >= 0.3 is 0 Å². The lowest BCUT2D eigenvalue weighted by Crippen LogP contribution is -2.29. The normalized spacial score (nSPS) is 31.6. The largest absolute Gasteiger partial charge is 0.373 e. The van der Waals surface area contributed by atoms with E-state index in [1.165, 1.54) is 5.56 Å². The second kappa shape index (κ2) is 5.87. The molecule has 1 saturated carbocycles. The first-order valence-corrected chi connectivity index (χ1v) is 9.87. The summed E-state index contributed by atoms with van der Waals surface area (Å²) in [5.41, 5.74) is 6.51. The zero-order valence-electron chi connectivity index (χ0n) is 16.0. The maximum atomic E-state index is 13.2. The molecule has 1 aliphatic carbocycles. The Morgan fingerprint density at radius 2 is 1.30 bits per heavy atom. The fourth-order valence-electron chi connectivity index (χ4n) is 5.55. The van der Waals surface area contributed by atoms with Crippen LogP contribution in [0.2, 0.25) is 0 Å². The first-order chi connectivity index (χ1) is 13.0. The molecular formula is C24H24O3. The molecule has 3 heteroatoms. The minimum atomic E-state index is -0.598. The van der Waals surface area contributed by atoms with Crippen molar-refractivity contribution in [2.75, 3.05) is 0 Å². The topological polar surface area (TPSA) is 43.4 Å². The average molecular weight is 360 g/mol. The summed E-state index contributed by atoms with van der Waals surface area (Å²) in [5, 5.41) is 0. The van der Waals surface area contributed by atoms with Crippen LogP contribution < -0.4 is 0 Å². The number of hydrogen-bond donors (Lipinski definition) is 0. The maximum Gasteiger partial charge on any atom is 0.154 e. The fourth-order valence-corrected chi connectivity index (χ4v) is 5.55. The molecule has 2 aromatic carbocycles. The summed E-state index contributed by atoms with van der Waals surface area (Å²) in [6.07, 6.45) is 1.77. The number of rotatable bonds is 2. The van der Waals surface area contributed by atoms with Crippen molar-refractivity contribution in [2.45, 2.75) is 51.7 Å². The van der Waals surface area contributed by atoms with Gasteiger partial charge in [-0.2, -0.15) is 0 Å². The Labute approximate surface area is 159 Å². The highest BCUT2D eigenvalue weighted by Crippen LogP contribution is 2.53. The van der Waals surface area contributed by atoms with Crippen LogP contribution in [0.25, 0.3) is 11.1 Å². The van der Waals surface area contributed by atoms with Crippen molar-refractivity contribution >= 4 is 11.6 Å². The fraction of sp³-hybridized carbons (Fsp3) is 0.417. The van der Waals surface area contributed by atoms with E-state index in [-0.39, 0.29) is 35.6 Å². The molecule has 0 radical (unpaired) electrons. The molecule has 0 aromatic heterocycles. The van der Waals surface area contributed by atoms with Crippen molar-refractivity contribution in [3.05, 3.63) is 58.7 Å². The molecule has 138 valence electrons. The molecule has 2 heterocycles. The number of Topliss-reactive ketones (excluding diaryl/α,β-unsaturated/α-hetero) is 2. The third kappa shape index (κ3) is 2.37. The molecule has 0 spiro atoms. The summed E-state index contributed by atoms with van der Waals surface area (Å²) >= 11 is 0. The van der Waals surface area contributed by atoms with Crippen molar-refractivity contribution < 1.29 is 14.3 Å². The minimum absolute atomic E-state index is 0.0334. The van der Waals surface area contributed by atoms with E-state index >= 15 is 0 Å². The first-order valence-electron chi connectivity index (χ1n) is 9.87. The Balaban J connectivity index is 1.55. The Hall–Kier alpha value is -2.26. The van der Waals surface area contributed by atoms with E-state index in [1.54, 1.807) is 0 Å². The number of fused-ring (bicyclic) bond motifs is 5. The molecule has 2 aromatic rings. The van der Waals surface area contributed by atoms with E-state index in [1.807, 2.05) is 13.8 Å². The van der Waals surface area contributed by atoms with E-state index in [9.17, 15) is 9.59 Å². The zero-order chi connectivity index (χ0) is 18.9. The highest BCUT2D eigenvalue weighted by Gasteiger charge is 2.63. The van der Waals surface area contributed by atoms with Crippen molar-refractivity contribution in [3.63, 3.8) is 0 Å². The highest BCUT2D eigenvalue weighted by molar-refractivity contribution is 6.17. The molecule has 5 atom stereocenters. The molecular weight excluding hydrogens is 336 g/mol. The van der Waals surface area contributed by atoms with Gasteiger partial charge in [0.15, 0.2) is 11.6 Å². The molecule has 3 aliphatic rings. The van der Waals surface area contributed by atoms with Gasteiger partial charge in [0.2, 0.25) is 0 Å². The number of ether oxygens (including phenoxy) is 1. The van der Waals surface area contributed by atoms with Crippen molar-refractivity contribution in [2.24, 2.45) is 11.8 Å². The molecule has 2 bridgehead atoms. The lowest BCUT2D eigenvalue weighted by Gasteiger charge is -2.19. The van der Waals surface area contributed by atoms with Crippen LogP contribution >= 0.6 is 0 Å². The van der Waals surface area contributed by atoms with Crippen LogP contribution in [0.4, 0.5) is 0 Å². The third-order valence-electron chi connectivity index (χ3n) is 6.77. The molecule has 2 aliphatic heterocycles. The van der Waals surface area contributed by atoms with Crippen LogP contribution in [0.15, 0.2) is 36.4 Å². The summed E-state index contributed by atoms with van der Waals surface area (Å²) < 4.78 is 5.87. The summed E-state index contributed by atoms with van der Waals surface area (Å²) in [4.78, 5) is 26.4. The number of benzene rings is 2. The monoisotopic (exact) mass is 360 g/mol. The van der Waals surface area contributed by atoms with E-state index < -0.39 is 5.92 Å². The standard InChI is InChI=1S/C24H24O3/c1-12-4-6-15(7-5-12)16-10-13(2)19(14(3)11-16)22-23(25)20-17-8-9-18(27-17)21(20)24(22)26/h4-7,10-11,17-18,20-22H,8-9H2,1-3H3/t17?,18?,20-,21+,22?.